The van der Waals surface area contributed by atoms with Gasteiger partial charge < -0.3 is 9.64 Å². The van der Waals surface area contributed by atoms with Gasteiger partial charge in [-0.1, -0.05) is 6.92 Å². The van der Waals surface area contributed by atoms with Crippen LogP contribution in [0.3, 0.4) is 0 Å². The van der Waals surface area contributed by atoms with Gasteiger partial charge in [-0.3, -0.25) is 9.69 Å². The smallest absolute Gasteiger partial charge is 0.305 e. The molecule has 0 amide bonds. The molecule has 2 fully saturated rings. The summed E-state index contributed by atoms with van der Waals surface area (Å²) in [6.45, 7) is 10.8. The normalized spacial score (nSPS) is 27.7. The summed E-state index contributed by atoms with van der Waals surface area (Å²) in [5, 5.41) is 0. The van der Waals surface area contributed by atoms with Crippen molar-refractivity contribution in [1.29, 1.82) is 0 Å². The summed E-state index contributed by atoms with van der Waals surface area (Å²) in [7, 11) is 0. The van der Waals surface area contributed by atoms with E-state index in [0.29, 0.717) is 13.0 Å². The van der Waals surface area contributed by atoms with Gasteiger partial charge in [-0.2, -0.15) is 0 Å². The maximum Gasteiger partial charge on any atom is 0.305 e. The highest BCUT2D eigenvalue weighted by Crippen LogP contribution is 2.27. The Balaban J connectivity index is 1.54. The fourth-order valence-electron chi connectivity index (χ4n) is 3.80. The molecule has 0 aromatic rings. The molecule has 1 saturated carbocycles. The van der Waals surface area contributed by atoms with Crippen molar-refractivity contribution in [2.45, 2.75) is 64.8 Å². The van der Waals surface area contributed by atoms with Crippen LogP contribution in [0, 0.1) is 5.92 Å². The Bertz CT molecular complexity index is 319. The number of hydrogen-bond donors (Lipinski definition) is 0. The Hall–Kier alpha value is -0.610. The third-order valence-corrected chi connectivity index (χ3v) is 5.32. The van der Waals surface area contributed by atoms with Gasteiger partial charge in [0.25, 0.3) is 0 Å². The van der Waals surface area contributed by atoms with Crippen LogP contribution in [0.25, 0.3) is 0 Å². The molecule has 2 rings (SSSR count). The predicted molar refractivity (Wildman–Crippen MR) is 89.9 cm³/mol. The third-order valence-electron chi connectivity index (χ3n) is 5.32. The van der Waals surface area contributed by atoms with E-state index >= 15 is 0 Å². The van der Waals surface area contributed by atoms with Gasteiger partial charge in [0.1, 0.15) is 0 Å². The number of unbranched alkanes of at least 4 members (excludes halogenated alkanes) is 1. The number of esters is 1. The quantitative estimate of drug-likeness (QED) is 0.535. The van der Waals surface area contributed by atoms with E-state index in [4.69, 9.17) is 4.74 Å². The Morgan fingerprint density at radius 1 is 1.05 bits per heavy atom. The van der Waals surface area contributed by atoms with Crippen LogP contribution in [0.4, 0.5) is 0 Å². The van der Waals surface area contributed by atoms with Crippen LogP contribution in [-0.4, -0.2) is 61.1 Å². The second kappa shape index (κ2) is 9.51. The molecule has 4 heteroatoms. The van der Waals surface area contributed by atoms with E-state index in [2.05, 4.69) is 16.7 Å². The third kappa shape index (κ3) is 5.88. The van der Waals surface area contributed by atoms with Crippen LogP contribution in [0.5, 0.6) is 0 Å². The van der Waals surface area contributed by atoms with Crippen molar-refractivity contribution in [2.24, 2.45) is 5.92 Å². The average molecular weight is 310 g/mol. The number of ether oxygens (including phenoxy) is 1. The summed E-state index contributed by atoms with van der Waals surface area (Å²) in [6, 6.07) is 0.849. The van der Waals surface area contributed by atoms with Crippen molar-refractivity contribution >= 4 is 5.97 Å². The summed E-state index contributed by atoms with van der Waals surface area (Å²) in [6.07, 6.45) is 8.28. The number of hydrogen-bond acceptors (Lipinski definition) is 4. The van der Waals surface area contributed by atoms with Gasteiger partial charge in [0.05, 0.1) is 6.61 Å². The Morgan fingerprint density at radius 2 is 1.73 bits per heavy atom. The number of carbonyl (C=O) groups is 1. The fraction of sp³-hybridized carbons (Fsp3) is 0.944. The standard InChI is InChI=1S/C18H34N2O2/c1-3-22-18(21)6-4-5-11-19-12-14-20(15-13-19)17-9-7-16(2)8-10-17/h16-17H,3-15H2,1-2H3. The van der Waals surface area contributed by atoms with Crippen LogP contribution in [0.1, 0.15) is 58.8 Å². The van der Waals surface area contributed by atoms with Crippen LogP contribution in [-0.2, 0) is 9.53 Å². The van der Waals surface area contributed by atoms with Gasteiger partial charge in [-0.15, -0.1) is 0 Å². The zero-order valence-electron chi connectivity index (χ0n) is 14.6. The first-order valence-corrected chi connectivity index (χ1v) is 9.31. The number of rotatable bonds is 7. The molecule has 0 bridgehead atoms. The molecule has 4 nitrogen and oxygen atoms in total. The zero-order valence-corrected chi connectivity index (χ0v) is 14.6. The molecule has 0 unspecified atom stereocenters. The maximum atomic E-state index is 11.3. The summed E-state index contributed by atoms with van der Waals surface area (Å²) in [5.74, 6) is 0.899. The van der Waals surface area contributed by atoms with Crippen LogP contribution in [0.15, 0.2) is 0 Å². The first-order chi connectivity index (χ1) is 10.7. The molecule has 1 saturated heterocycles. The summed E-state index contributed by atoms with van der Waals surface area (Å²) >= 11 is 0. The van der Waals surface area contributed by atoms with Crippen LogP contribution < -0.4 is 0 Å². The number of piperazine rings is 1. The van der Waals surface area contributed by atoms with E-state index in [1.54, 1.807) is 0 Å². The highest BCUT2D eigenvalue weighted by atomic mass is 16.5. The van der Waals surface area contributed by atoms with Crippen molar-refractivity contribution in [1.82, 2.24) is 9.80 Å². The predicted octanol–water partition coefficient (Wildman–Crippen LogP) is 2.92. The van der Waals surface area contributed by atoms with E-state index in [9.17, 15) is 4.79 Å². The highest BCUT2D eigenvalue weighted by molar-refractivity contribution is 5.69. The van der Waals surface area contributed by atoms with Gasteiger partial charge in [0.15, 0.2) is 0 Å². The minimum atomic E-state index is -0.0427. The SMILES string of the molecule is CCOC(=O)CCCCN1CCN(C2CCC(C)CC2)CC1. The molecule has 1 aliphatic carbocycles. The first kappa shape index (κ1) is 17.7. The van der Waals surface area contributed by atoms with E-state index in [1.165, 1.54) is 51.9 Å². The zero-order chi connectivity index (χ0) is 15.8. The lowest BCUT2D eigenvalue weighted by molar-refractivity contribution is -0.143. The second-order valence-electron chi connectivity index (χ2n) is 7.05. The summed E-state index contributed by atoms with van der Waals surface area (Å²) in [4.78, 5) is 16.6. The molecule has 1 aliphatic heterocycles. The van der Waals surface area contributed by atoms with Crippen molar-refractivity contribution in [3.8, 4) is 0 Å². The van der Waals surface area contributed by atoms with Crippen molar-refractivity contribution in [2.75, 3.05) is 39.3 Å². The van der Waals surface area contributed by atoms with Crippen molar-refractivity contribution < 1.29 is 9.53 Å². The van der Waals surface area contributed by atoms with Crippen LogP contribution in [0.2, 0.25) is 0 Å². The Kier molecular flexibility index (Phi) is 7.67. The minimum absolute atomic E-state index is 0.0427. The lowest BCUT2D eigenvalue weighted by Gasteiger charge is -2.41. The average Bonchev–Trinajstić information content (AvgIpc) is 2.53. The van der Waals surface area contributed by atoms with Gasteiger partial charge in [-0.05, 0) is 57.9 Å². The summed E-state index contributed by atoms with van der Waals surface area (Å²) in [5.41, 5.74) is 0. The molecule has 0 aromatic heterocycles. The molecule has 22 heavy (non-hydrogen) atoms. The monoisotopic (exact) mass is 310 g/mol. The molecular formula is C18H34N2O2. The topological polar surface area (TPSA) is 32.8 Å². The van der Waals surface area contributed by atoms with E-state index in [-0.39, 0.29) is 5.97 Å². The molecule has 2 aliphatic rings. The summed E-state index contributed by atoms with van der Waals surface area (Å²) < 4.78 is 4.96. The fourth-order valence-corrected chi connectivity index (χ4v) is 3.80. The lowest BCUT2D eigenvalue weighted by Crippen LogP contribution is -2.51. The number of carbonyl (C=O) groups excluding carboxylic acids is 1. The van der Waals surface area contributed by atoms with Gasteiger partial charge in [-0.25, -0.2) is 0 Å². The second-order valence-corrected chi connectivity index (χ2v) is 7.05. The van der Waals surface area contributed by atoms with Gasteiger partial charge >= 0.3 is 5.97 Å². The highest BCUT2D eigenvalue weighted by Gasteiger charge is 2.26. The van der Waals surface area contributed by atoms with E-state index < -0.39 is 0 Å². The van der Waals surface area contributed by atoms with E-state index in [0.717, 1.165) is 31.3 Å². The molecule has 0 aromatic carbocycles. The van der Waals surface area contributed by atoms with E-state index in [1.807, 2.05) is 6.92 Å². The lowest BCUT2D eigenvalue weighted by atomic mass is 9.86. The van der Waals surface area contributed by atoms with Gasteiger partial charge in [0.2, 0.25) is 0 Å². The molecular weight excluding hydrogens is 276 g/mol. The maximum absolute atomic E-state index is 11.3. The molecule has 0 N–H and O–H groups in total. The molecule has 128 valence electrons. The first-order valence-electron chi connectivity index (χ1n) is 9.31. The van der Waals surface area contributed by atoms with Crippen molar-refractivity contribution in [3.63, 3.8) is 0 Å². The molecule has 1 heterocycles. The Labute approximate surface area is 136 Å². The number of nitrogens with zero attached hydrogens (tertiary/aromatic N) is 2. The molecule has 0 spiro atoms. The van der Waals surface area contributed by atoms with Crippen LogP contribution >= 0.6 is 0 Å². The van der Waals surface area contributed by atoms with Gasteiger partial charge in [0, 0.05) is 38.6 Å². The Morgan fingerprint density at radius 3 is 2.36 bits per heavy atom. The molecule has 0 radical (unpaired) electrons. The largest absolute Gasteiger partial charge is 0.466 e. The minimum Gasteiger partial charge on any atom is -0.466 e. The molecule has 0 atom stereocenters. The van der Waals surface area contributed by atoms with Crippen molar-refractivity contribution in [3.05, 3.63) is 0 Å².